The SMILES string of the molecule is O=S(=O)(Nc1cc2ccccc2nn1)c1ccc(Cl)s1. The molecule has 0 saturated carbocycles. The number of rotatable bonds is 3. The molecule has 3 aromatic rings. The van der Waals surface area contributed by atoms with Gasteiger partial charge in [0.25, 0.3) is 10.0 Å². The van der Waals surface area contributed by atoms with Gasteiger partial charge < -0.3 is 0 Å². The second-order valence-corrected chi connectivity index (χ2v) is 7.58. The second kappa shape index (κ2) is 5.01. The highest BCUT2D eigenvalue weighted by Crippen LogP contribution is 2.27. The Bertz CT molecular complexity index is 877. The van der Waals surface area contributed by atoms with E-state index in [1.165, 1.54) is 12.1 Å². The molecule has 1 N–H and O–H groups in total. The van der Waals surface area contributed by atoms with Gasteiger partial charge in [-0.05, 0) is 24.3 Å². The molecule has 0 atom stereocenters. The smallest absolute Gasteiger partial charge is 0.261 e. The van der Waals surface area contributed by atoms with Gasteiger partial charge in [0.2, 0.25) is 0 Å². The van der Waals surface area contributed by atoms with Crippen LogP contribution in [0.1, 0.15) is 0 Å². The van der Waals surface area contributed by atoms with Gasteiger partial charge in [0.15, 0.2) is 5.82 Å². The average Bonchev–Trinajstić information content (AvgIpc) is 2.86. The molecular weight excluding hydrogens is 318 g/mol. The number of nitrogens with zero attached hydrogens (tertiary/aromatic N) is 2. The lowest BCUT2D eigenvalue weighted by Crippen LogP contribution is -2.12. The largest absolute Gasteiger partial charge is 0.272 e. The minimum atomic E-state index is -3.68. The van der Waals surface area contributed by atoms with Crippen LogP contribution in [0.3, 0.4) is 0 Å². The van der Waals surface area contributed by atoms with Crippen LogP contribution in [0.25, 0.3) is 10.9 Å². The van der Waals surface area contributed by atoms with Crippen molar-refractivity contribution in [3.63, 3.8) is 0 Å². The molecule has 0 aliphatic heterocycles. The number of halogens is 1. The maximum atomic E-state index is 12.1. The number of hydrogen-bond acceptors (Lipinski definition) is 5. The third-order valence-corrected chi connectivity index (χ3v) is 5.62. The molecular formula is C12H8ClN3O2S2. The number of thiophene rings is 1. The van der Waals surface area contributed by atoms with Crippen LogP contribution in [0.2, 0.25) is 4.34 Å². The maximum absolute atomic E-state index is 12.1. The fourth-order valence-electron chi connectivity index (χ4n) is 1.66. The minimum absolute atomic E-state index is 0.137. The van der Waals surface area contributed by atoms with Crippen molar-refractivity contribution < 1.29 is 8.42 Å². The Labute approximate surface area is 124 Å². The van der Waals surface area contributed by atoms with Gasteiger partial charge in [-0.3, -0.25) is 4.72 Å². The zero-order chi connectivity index (χ0) is 14.2. The summed E-state index contributed by atoms with van der Waals surface area (Å²) in [6.45, 7) is 0. The summed E-state index contributed by atoms with van der Waals surface area (Å²) in [7, 11) is -3.68. The molecule has 0 fully saturated rings. The quantitative estimate of drug-likeness (QED) is 0.803. The van der Waals surface area contributed by atoms with Crippen LogP contribution < -0.4 is 4.72 Å². The third-order valence-electron chi connectivity index (χ3n) is 2.55. The van der Waals surface area contributed by atoms with Crippen LogP contribution >= 0.6 is 22.9 Å². The number of anilines is 1. The van der Waals surface area contributed by atoms with Crippen molar-refractivity contribution in [2.75, 3.05) is 4.72 Å². The van der Waals surface area contributed by atoms with Crippen molar-refractivity contribution in [1.82, 2.24) is 10.2 Å². The van der Waals surface area contributed by atoms with Crippen LogP contribution in [0.4, 0.5) is 5.82 Å². The maximum Gasteiger partial charge on any atom is 0.272 e. The number of sulfonamides is 1. The van der Waals surface area contributed by atoms with E-state index < -0.39 is 10.0 Å². The zero-order valence-corrected chi connectivity index (χ0v) is 12.3. The highest BCUT2D eigenvalue weighted by molar-refractivity contribution is 7.94. The van der Waals surface area contributed by atoms with E-state index in [1.54, 1.807) is 12.1 Å². The summed E-state index contributed by atoms with van der Waals surface area (Å²) in [5.41, 5.74) is 0.703. The van der Waals surface area contributed by atoms with Crippen LogP contribution in [0, 0.1) is 0 Å². The van der Waals surface area contributed by atoms with E-state index in [0.717, 1.165) is 16.7 Å². The fraction of sp³-hybridized carbons (Fsp3) is 0. The molecule has 0 aliphatic rings. The first-order chi connectivity index (χ1) is 9.54. The first-order valence-electron chi connectivity index (χ1n) is 5.55. The van der Waals surface area contributed by atoms with Crippen molar-refractivity contribution in [1.29, 1.82) is 0 Å². The molecule has 0 amide bonds. The number of fused-ring (bicyclic) bond motifs is 1. The summed E-state index contributed by atoms with van der Waals surface area (Å²) in [6.07, 6.45) is 0. The second-order valence-electron chi connectivity index (χ2n) is 3.95. The topological polar surface area (TPSA) is 72.0 Å². The van der Waals surface area contributed by atoms with Crippen molar-refractivity contribution >= 4 is 49.7 Å². The molecule has 102 valence electrons. The van der Waals surface area contributed by atoms with Crippen LogP contribution in [0.5, 0.6) is 0 Å². The predicted molar refractivity (Wildman–Crippen MR) is 79.7 cm³/mol. The zero-order valence-electron chi connectivity index (χ0n) is 9.95. The summed E-state index contributed by atoms with van der Waals surface area (Å²) in [5.74, 6) is 0.174. The van der Waals surface area contributed by atoms with E-state index in [2.05, 4.69) is 14.9 Å². The Hall–Kier alpha value is -1.70. The van der Waals surface area contributed by atoms with Crippen molar-refractivity contribution in [3.8, 4) is 0 Å². The van der Waals surface area contributed by atoms with E-state index in [9.17, 15) is 8.42 Å². The molecule has 0 bridgehead atoms. The summed E-state index contributed by atoms with van der Waals surface area (Å²) >= 11 is 6.73. The van der Waals surface area contributed by atoms with Crippen LogP contribution in [-0.4, -0.2) is 18.6 Å². The molecule has 5 nitrogen and oxygen atoms in total. The van der Waals surface area contributed by atoms with E-state index in [4.69, 9.17) is 11.6 Å². The highest BCUT2D eigenvalue weighted by Gasteiger charge is 2.17. The van der Waals surface area contributed by atoms with Gasteiger partial charge in [-0.15, -0.1) is 21.5 Å². The Morgan fingerprint density at radius 3 is 2.65 bits per heavy atom. The molecule has 20 heavy (non-hydrogen) atoms. The molecule has 0 unspecified atom stereocenters. The lowest BCUT2D eigenvalue weighted by Gasteiger charge is -2.05. The summed E-state index contributed by atoms with van der Waals surface area (Å²) in [5, 5.41) is 8.63. The summed E-state index contributed by atoms with van der Waals surface area (Å²) < 4.78 is 27.2. The standard InChI is InChI=1S/C12H8ClN3O2S2/c13-10-5-6-12(19-10)20(17,18)16-11-7-8-3-1-2-4-9(8)14-15-11/h1-7H,(H,15,16). The van der Waals surface area contributed by atoms with E-state index >= 15 is 0 Å². The molecule has 2 aromatic heterocycles. The first kappa shape index (κ1) is 13.3. The Kier molecular flexibility index (Phi) is 3.33. The van der Waals surface area contributed by atoms with Gasteiger partial charge in [-0.25, -0.2) is 8.42 Å². The lowest BCUT2D eigenvalue weighted by atomic mass is 10.2. The monoisotopic (exact) mass is 325 g/mol. The fourth-order valence-corrected chi connectivity index (χ4v) is 4.13. The van der Waals surface area contributed by atoms with Gasteiger partial charge in [0.05, 0.1) is 9.85 Å². The van der Waals surface area contributed by atoms with Crippen LogP contribution in [0.15, 0.2) is 46.7 Å². The first-order valence-corrected chi connectivity index (χ1v) is 8.23. The summed E-state index contributed by atoms with van der Waals surface area (Å²) in [4.78, 5) is 0. The van der Waals surface area contributed by atoms with Crippen molar-refractivity contribution in [2.24, 2.45) is 0 Å². The van der Waals surface area contributed by atoms with Gasteiger partial charge in [0, 0.05) is 5.39 Å². The Morgan fingerprint density at radius 1 is 1.10 bits per heavy atom. The predicted octanol–water partition coefficient (Wildman–Crippen LogP) is 3.15. The van der Waals surface area contributed by atoms with E-state index in [0.29, 0.717) is 9.85 Å². The molecule has 0 radical (unpaired) electrons. The van der Waals surface area contributed by atoms with Gasteiger partial charge >= 0.3 is 0 Å². The highest BCUT2D eigenvalue weighted by atomic mass is 35.5. The number of benzene rings is 1. The third kappa shape index (κ3) is 2.60. The molecule has 0 saturated heterocycles. The van der Waals surface area contributed by atoms with E-state index in [-0.39, 0.29) is 10.0 Å². The molecule has 0 aliphatic carbocycles. The minimum Gasteiger partial charge on any atom is -0.261 e. The van der Waals surface area contributed by atoms with Gasteiger partial charge in [-0.2, -0.15) is 0 Å². The van der Waals surface area contributed by atoms with Gasteiger partial charge in [-0.1, -0.05) is 29.8 Å². The molecule has 0 spiro atoms. The average molecular weight is 326 g/mol. The van der Waals surface area contributed by atoms with Crippen LogP contribution in [-0.2, 0) is 10.0 Å². The Morgan fingerprint density at radius 2 is 1.90 bits per heavy atom. The van der Waals surface area contributed by atoms with Gasteiger partial charge in [0.1, 0.15) is 4.21 Å². The lowest BCUT2D eigenvalue weighted by molar-refractivity contribution is 0.603. The molecule has 2 heterocycles. The number of nitrogens with one attached hydrogen (secondary N) is 1. The molecule has 8 heteroatoms. The summed E-state index contributed by atoms with van der Waals surface area (Å²) in [6, 6.07) is 11.9. The molecule has 3 rings (SSSR count). The normalized spacial score (nSPS) is 11.7. The van der Waals surface area contributed by atoms with E-state index in [1.807, 2.05) is 18.2 Å². The van der Waals surface area contributed by atoms with Crippen molar-refractivity contribution in [3.05, 3.63) is 46.8 Å². The number of hydrogen-bond donors (Lipinski definition) is 1. The van der Waals surface area contributed by atoms with Crippen molar-refractivity contribution in [2.45, 2.75) is 4.21 Å². The number of aromatic nitrogens is 2. The Balaban J connectivity index is 1.96. The molecule has 1 aromatic carbocycles.